The Bertz CT molecular complexity index is 280. The van der Waals surface area contributed by atoms with Gasteiger partial charge in [0, 0.05) is 5.92 Å². The number of hydrogen-bond donors (Lipinski definition) is 0. The van der Waals surface area contributed by atoms with Gasteiger partial charge in [-0.3, -0.25) is 0 Å². The summed E-state index contributed by atoms with van der Waals surface area (Å²) in [5.41, 5.74) is -2.63. The molecule has 1 fully saturated rings. The Morgan fingerprint density at radius 3 is 2.20 bits per heavy atom. The highest BCUT2D eigenvalue weighted by atomic mass is 19.3. The van der Waals surface area contributed by atoms with E-state index in [1.807, 2.05) is 12.2 Å². The fraction of sp³-hybridized carbons (Fsp3) is 0.818. The predicted molar refractivity (Wildman–Crippen MR) is 50.4 cm³/mol. The second-order valence-electron chi connectivity index (χ2n) is 4.93. The lowest BCUT2D eigenvalue weighted by atomic mass is 10.0. The van der Waals surface area contributed by atoms with Crippen molar-refractivity contribution in [1.29, 1.82) is 0 Å². The van der Waals surface area contributed by atoms with Crippen molar-refractivity contribution in [2.75, 3.05) is 0 Å². The van der Waals surface area contributed by atoms with E-state index >= 15 is 0 Å². The van der Waals surface area contributed by atoms with Gasteiger partial charge in [-0.1, -0.05) is 12.2 Å². The molecule has 3 atom stereocenters. The molecule has 0 aromatic rings. The molecule has 1 saturated carbocycles. The van der Waals surface area contributed by atoms with Gasteiger partial charge in [0.05, 0.1) is 6.10 Å². The molecule has 0 aliphatic heterocycles. The highest BCUT2D eigenvalue weighted by molar-refractivity contribution is 5.11. The van der Waals surface area contributed by atoms with Crippen molar-refractivity contribution in [3.05, 3.63) is 12.2 Å². The normalized spacial score (nSPS) is 35.1. The molecule has 0 saturated heterocycles. The van der Waals surface area contributed by atoms with Gasteiger partial charge in [0.25, 0.3) is 0 Å². The first-order valence-electron chi connectivity index (χ1n) is 5.22. The first-order chi connectivity index (χ1) is 6.79. The lowest BCUT2D eigenvalue weighted by Gasteiger charge is -2.31. The van der Waals surface area contributed by atoms with E-state index in [4.69, 9.17) is 0 Å². The zero-order chi connectivity index (χ0) is 11.3. The van der Waals surface area contributed by atoms with Gasteiger partial charge in [0.2, 0.25) is 0 Å². The van der Waals surface area contributed by atoms with Crippen molar-refractivity contribution in [3.8, 4) is 0 Å². The maximum absolute atomic E-state index is 13.3. The number of alkyl halides is 3. The highest BCUT2D eigenvalue weighted by Gasteiger charge is 2.52. The molecule has 0 N–H and O–H groups in total. The molecule has 4 heteroatoms. The zero-order valence-electron chi connectivity index (χ0n) is 8.84. The third-order valence-corrected chi connectivity index (χ3v) is 3.21. The molecule has 1 nitrogen and oxygen atoms in total. The Hall–Kier alpha value is -0.510. The Labute approximate surface area is 87.3 Å². The summed E-state index contributed by atoms with van der Waals surface area (Å²) >= 11 is 0. The van der Waals surface area contributed by atoms with Crippen LogP contribution in [0.5, 0.6) is 0 Å². The Morgan fingerprint density at radius 2 is 1.80 bits per heavy atom. The SMILES string of the molecule is CC(C)(F)C(F)(F)OC1CC2C=CC1C2. The maximum Gasteiger partial charge on any atom is 0.389 e. The summed E-state index contributed by atoms with van der Waals surface area (Å²) in [5.74, 6) is 0.391. The van der Waals surface area contributed by atoms with E-state index in [0.29, 0.717) is 12.3 Å². The smallest absolute Gasteiger partial charge is 0.314 e. The second kappa shape index (κ2) is 3.24. The first kappa shape index (κ1) is 11.0. The molecule has 0 heterocycles. The summed E-state index contributed by atoms with van der Waals surface area (Å²) in [6, 6.07) is 0. The number of allylic oxidation sites excluding steroid dienone is 1. The van der Waals surface area contributed by atoms with Crippen LogP contribution in [0.2, 0.25) is 0 Å². The largest absolute Gasteiger partial charge is 0.389 e. The van der Waals surface area contributed by atoms with Gasteiger partial charge >= 0.3 is 6.11 Å². The van der Waals surface area contributed by atoms with Crippen LogP contribution in [-0.4, -0.2) is 17.9 Å². The average Bonchev–Trinajstić information content (AvgIpc) is 2.61. The van der Waals surface area contributed by atoms with Crippen LogP contribution in [0.1, 0.15) is 26.7 Å². The molecule has 2 rings (SSSR count). The van der Waals surface area contributed by atoms with E-state index in [1.165, 1.54) is 0 Å². The van der Waals surface area contributed by atoms with Crippen molar-refractivity contribution >= 4 is 0 Å². The van der Waals surface area contributed by atoms with Crippen LogP contribution >= 0.6 is 0 Å². The summed E-state index contributed by atoms with van der Waals surface area (Å²) in [6.07, 6.45) is 1.17. The van der Waals surface area contributed by atoms with Crippen LogP contribution in [0.25, 0.3) is 0 Å². The van der Waals surface area contributed by atoms with Gasteiger partial charge in [-0.05, 0) is 32.6 Å². The van der Waals surface area contributed by atoms with Gasteiger partial charge in [-0.15, -0.1) is 0 Å². The molecule has 3 unspecified atom stereocenters. The van der Waals surface area contributed by atoms with Crippen molar-refractivity contribution < 1.29 is 17.9 Å². The molecular formula is C11H15F3O. The molecule has 0 aromatic carbocycles. The van der Waals surface area contributed by atoms with Crippen LogP contribution in [0.4, 0.5) is 13.2 Å². The third kappa shape index (κ3) is 1.92. The molecule has 15 heavy (non-hydrogen) atoms. The van der Waals surface area contributed by atoms with E-state index in [2.05, 4.69) is 4.74 Å². The topological polar surface area (TPSA) is 9.23 Å². The quantitative estimate of drug-likeness (QED) is 0.663. The van der Waals surface area contributed by atoms with Gasteiger partial charge in [0.15, 0.2) is 5.67 Å². The summed E-state index contributed by atoms with van der Waals surface area (Å²) in [5, 5.41) is 0. The van der Waals surface area contributed by atoms with Crippen LogP contribution < -0.4 is 0 Å². The predicted octanol–water partition coefficient (Wildman–Crippen LogP) is 3.31. The number of fused-ring (bicyclic) bond motifs is 2. The molecule has 2 bridgehead atoms. The average molecular weight is 220 g/mol. The Balaban J connectivity index is 2.01. The standard InChI is InChI=1S/C11H15F3O/c1-10(2,12)11(13,14)15-9-6-7-3-4-8(9)5-7/h3-4,7-9H,5-6H2,1-2H3. The number of ether oxygens (including phenoxy) is 1. The molecule has 0 amide bonds. The maximum atomic E-state index is 13.3. The minimum atomic E-state index is -3.70. The van der Waals surface area contributed by atoms with Crippen LogP contribution in [0, 0.1) is 11.8 Å². The van der Waals surface area contributed by atoms with Crippen LogP contribution in [-0.2, 0) is 4.74 Å². The van der Waals surface area contributed by atoms with E-state index in [1.54, 1.807) is 0 Å². The van der Waals surface area contributed by atoms with E-state index in [-0.39, 0.29) is 5.92 Å². The number of hydrogen-bond acceptors (Lipinski definition) is 1. The van der Waals surface area contributed by atoms with Crippen molar-refractivity contribution in [3.63, 3.8) is 0 Å². The van der Waals surface area contributed by atoms with Gasteiger partial charge in [-0.25, -0.2) is 4.39 Å². The molecule has 2 aliphatic rings. The summed E-state index contributed by atoms with van der Waals surface area (Å²) in [4.78, 5) is 0. The van der Waals surface area contributed by atoms with Crippen molar-refractivity contribution in [1.82, 2.24) is 0 Å². The van der Waals surface area contributed by atoms with Crippen LogP contribution in [0.3, 0.4) is 0 Å². The molecule has 86 valence electrons. The number of rotatable bonds is 3. The molecule has 0 spiro atoms. The van der Waals surface area contributed by atoms with E-state index < -0.39 is 17.9 Å². The van der Waals surface area contributed by atoms with Gasteiger partial charge in [0.1, 0.15) is 0 Å². The Morgan fingerprint density at radius 1 is 1.13 bits per heavy atom. The van der Waals surface area contributed by atoms with Crippen LogP contribution in [0.15, 0.2) is 12.2 Å². The Kier molecular flexibility index (Phi) is 2.37. The molecule has 0 aromatic heterocycles. The summed E-state index contributed by atoms with van der Waals surface area (Å²) in [7, 11) is 0. The zero-order valence-corrected chi connectivity index (χ0v) is 8.84. The fourth-order valence-electron chi connectivity index (χ4n) is 2.20. The lowest BCUT2D eigenvalue weighted by Crippen LogP contribution is -2.44. The molecular weight excluding hydrogens is 205 g/mol. The minimum absolute atomic E-state index is 0.0447. The van der Waals surface area contributed by atoms with Gasteiger partial charge in [-0.2, -0.15) is 8.78 Å². The lowest BCUT2D eigenvalue weighted by molar-refractivity contribution is -0.321. The molecule has 2 aliphatic carbocycles. The summed E-state index contributed by atoms with van der Waals surface area (Å²) in [6.45, 7) is 1.69. The minimum Gasteiger partial charge on any atom is -0.314 e. The van der Waals surface area contributed by atoms with Gasteiger partial charge < -0.3 is 4.74 Å². The van der Waals surface area contributed by atoms with Crippen molar-refractivity contribution in [2.45, 2.75) is 44.6 Å². The summed E-state index contributed by atoms with van der Waals surface area (Å²) < 4.78 is 44.4. The highest BCUT2D eigenvalue weighted by Crippen LogP contribution is 2.45. The monoisotopic (exact) mass is 220 g/mol. The van der Waals surface area contributed by atoms with E-state index in [9.17, 15) is 13.2 Å². The first-order valence-corrected chi connectivity index (χ1v) is 5.22. The third-order valence-electron chi connectivity index (χ3n) is 3.21. The fourth-order valence-corrected chi connectivity index (χ4v) is 2.20. The van der Waals surface area contributed by atoms with Crippen molar-refractivity contribution in [2.24, 2.45) is 11.8 Å². The second-order valence-corrected chi connectivity index (χ2v) is 4.93. The number of halogens is 3. The van der Waals surface area contributed by atoms with E-state index in [0.717, 1.165) is 20.3 Å². The molecule has 0 radical (unpaired) electrons.